The number of ether oxygens (including phenoxy) is 3. The van der Waals surface area contributed by atoms with Gasteiger partial charge in [-0.25, -0.2) is 9.59 Å². The highest BCUT2D eigenvalue weighted by molar-refractivity contribution is 5.97. The fraction of sp³-hybridized carbons (Fsp3) is 0.286. The van der Waals surface area contributed by atoms with E-state index < -0.39 is 18.0 Å². The van der Waals surface area contributed by atoms with E-state index in [0.29, 0.717) is 0 Å². The highest BCUT2D eigenvalue weighted by atomic mass is 16.5. The third-order valence-electron chi connectivity index (χ3n) is 4.16. The van der Waals surface area contributed by atoms with Crippen molar-refractivity contribution in [2.45, 2.75) is 26.9 Å². The molecule has 1 amide bonds. The lowest BCUT2D eigenvalue weighted by atomic mass is 10.1. The molecule has 148 valence electrons. The number of carbonyl (C=O) groups excluding carboxylic acids is 3. The molecule has 0 aromatic heterocycles. The molecule has 0 fully saturated rings. The number of anilines is 1. The van der Waals surface area contributed by atoms with E-state index in [1.807, 2.05) is 32.0 Å². The highest BCUT2D eigenvalue weighted by Gasteiger charge is 2.20. The molecule has 0 saturated carbocycles. The monoisotopic (exact) mass is 385 g/mol. The molecule has 2 rings (SSSR count). The molecule has 0 aliphatic heterocycles. The number of amides is 1. The Hall–Kier alpha value is -3.35. The number of methoxy groups -OCH3 is 2. The molecule has 0 aliphatic carbocycles. The van der Waals surface area contributed by atoms with Gasteiger partial charge in [-0.3, -0.25) is 4.79 Å². The maximum atomic E-state index is 12.6. The van der Waals surface area contributed by atoms with Crippen molar-refractivity contribution in [3.8, 4) is 5.75 Å². The van der Waals surface area contributed by atoms with Crippen LogP contribution in [-0.2, 0) is 14.3 Å². The first kappa shape index (κ1) is 21.0. The van der Waals surface area contributed by atoms with E-state index in [1.165, 1.54) is 32.4 Å². The number of nitrogens with one attached hydrogen (secondary N) is 1. The van der Waals surface area contributed by atoms with Crippen molar-refractivity contribution in [3.63, 3.8) is 0 Å². The minimum atomic E-state index is -0.877. The topological polar surface area (TPSA) is 90.9 Å². The first-order chi connectivity index (χ1) is 13.3. The van der Waals surface area contributed by atoms with E-state index in [0.717, 1.165) is 16.8 Å². The number of para-hydroxylation sites is 1. The van der Waals surface area contributed by atoms with E-state index >= 15 is 0 Å². The van der Waals surface area contributed by atoms with Crippen LogP contribution in [0.4, 0.5) is 5.69 Å². The summed E-state index contributed by atoms with van der Waals surface area (Å²) in [4.78, 5) is 36.3. The third-order valence-corrected chi connectivity index (χ3v) is 4.16. The molecule has 7 heteroatoms. The number of esters is 2. The van der Waals surface area contributed by atoms with Gasteiger partial charge in [-0.1, -0.05) is 18.2 Å². The van der Waals surface area contributed by atoms with Crippen LogP contribution in [0.25, 0.3) is 0 Å². The van der Waals surface area contributed by atoms with Crippen LogP contribution >= 0.6 is 0 Å². The average molecular weight is 385 g/mol. The van der Waals surface area contributed by atoms with Gasteiger partial charge in [-0.05, 0) is 50.1 Å². The van der Waals surface area contributed by atoms with Gasteiger partial charge in [0.2, 0.25) is 0 Å². The summed E-state index contributed by atoms with van der Waals surface area (Å²) in [6, 6.07) is 9.86. The molecule has 0 saturated heterocycles. The fourth-order valence-electron chi connectivity index (χ4n) is 2.63. The molecule has 0 spiro atoms. The van der Waals surface area contributed by atoms with Gasteiger partial charge >= 0.3 is 11.9 Å². The summed E-state index contributed by atoms with van der Waals surface area (Å²) in [6.07, 6.45) is -0.877. The second-order valence-electron chi connectivity index (χ2n) is 6.25. The van der Waals surface area contributed by atoms with E-state index in [4.69, 9.17) is 14.2 Å². The molecule has 7 nitrogen and oxygen atoms in total. The van der Waals surface area contributed by atoms with Crippen molar-refractivity contribution >= 4 is 23.5 Å². The van der Waals surface area contributed by atoms with Crippen molar-refractivity contribution in [2.24, 2.45) is 0 Å². The molecule has 2 aromatic rings. The van der Waals surface area contributed by atoms with Crippen LogP contribution in [0.3, 0.4) is 0 Å². The summed E-state index contributed by atoms with van der Waals surface area (Å²) in [6.45, 7) is 5.37. The molecule has 0 unspecified atom stereocenters. The van der Waals surface area contributed by atoms with Crippen molar-refractivity contribution < 1.29 is 28.6 Å². The van der Waals surface area contributed by atoms with Crippen molar-refractivity contribution in [2.75, 3.05) is 19.5 Å². The number of hydrogen-bond acceptors (Lipinski definition) is 6. The molecule has 28 heavy (non-hydrogen) atoms. The Morgan fingerprint density at radius 3 is 1.86 bits per heavy atom. The second kappa shape index (κ2) is 9.03. The zero-order chi connectivity index (χ0) is 20.8. The zero-order valence-corrected chi connectivity index (χ0v) is 16.5. The Morgan fingerprint density at radius 1 is 0.893 bits per heavy atom. The summed E-state index contributed by atoms with van der Waals surface area (Å²) in [5, 5.41) is 2.85. The predicted molar refractivity (Wildman–Crippen MR) is 104 cm³/mol. The van der Waals surface area contributed by atoms with Gasteiger partial charge in [-0.2, -0.15) is 0 Å². The smallest absolute Gasteiger partial charge is 0.338 e. The number of hydrogen-bond donors (Lipinski definition) is 1. The number of carbonyl (C=O) groups is 3. The van der Waals surface area contributed by atoms with Crippen molar-refractivity contribution in [1.82, 2.24) is 0 Å². The van der Waals surface area contributed by atoms with Gasteiger partial charge in [0, 0.05) is 5.69 Å². The number of benzene rings is 2. The second-order valence-corrected chi connectivity index (χ2v) is 6.25. The summed E-state index contributed by atoms with van der Waals surface area (Å²) in [5.41, 5.74) is 2.81. The Morgan fingerprint density at radius 2 is 1.39 bits per heavy atom. The lowest BCUT2D eigenvalue weighted by Gasteiger charge is -2.18. The molecule has 1 N–H and O–H groups in total. The van der Waals surface area contributed by atoms with Crippen LogP contribution in [0.2, 0.25) is 0 Å². The Kier molecular flexibility index (Phi) is 6.76. The molecule has 0 heterocycles. The van der Waals surface area contributed by atoms with E-state index in [-0.39, 0.29) is 22.8 Å². The van der Waals surface area contributed by atoms with Crippen LogP contribution in [0, 0.1) is 13.8 Å². The van der Waals surface area contributed by atoms with Crippen LogP contribution in [0.5, 0.6) is 5.75 Å². The van der Waals surface area contributed by atoms with Crippen molar-refractivity contribution in [3.05, 3.63) is 58.7 Å². The summed E-state index contributed by atoms with van der Waals surface area (Å²) in [7, 11) is 2.46. The van der Waals surface area contributed by atoms with Crippen LogP contribution in [0.15, 0.2) is 36.4 Å². The lowest BCUT2D eigenvalue weighted by Crippen LogP contribution is -2.30. The van der Waals surface area contributed by atoms with Gasteiger partial charge in [0.1, 0.15) is 5.75 Å². The van der Waals surface area contributed by atoms with E-state index in [9.17, 15) is 14.4 Å². The standard InChI is InChI=1S/C21H23NO6/c1-12-7-6-8-13(2)18(12)22-19(23)14(3)28-17-10-15(20(24)26-4)9-16(11-17)21(25)27-5/h6-11,14H,1-5H3,(H,22,23)/t14-/m0/s1. The number of rotatable bonds is 6. The van der Waals surface area contributed by atoms with Crippen LogP contribution in [0.1, 0.15) is 38.8 Å². The maximum Gasteiger partial charge on any atom is 0.338 e. The normalized spacial score (nSPS) is 11.3. The highest BCUT2D eigenvalue weighted by Crippen LogP contribution is 2.22. The predicted octanol–water partition coefficient (Wildman–Crippen LogP) is 3.28. The first-order valence-corrected chi connectivity index (χ1v) is 8.62. The number of aryl methyl sites for hydroxylation is 2. The molecule has 0 aliphatic rings. The SMILES string of the molecule is COC(=O)c1cc(O[C@@H](C)C(=O)Nc2c(C)cccc2C)cc(C(=O)OC)c1. The third kappa shape index (κ3) is 4.88. The molecule has 1 atom stereocenters. The molecule has 2 aromatic carbocycles. The maximum absolute atomic E-state index is 12.6. The average Bonchev–Trinajstić information content (AvgIpc) is 2.69. The van der Waals surface area contributed by atoms with Gasteiger partial charge in [0.25, 0.3) is 5.91 Å². The van der Waals surface area contributed by atoms with Crippen molar-refractivity contribution in [1.29, 1.82) is 0 Å². The van der Waals surface area contributed by atoms with Crippen LogP contribution in [-0.4, -0.2) is 38.2 Å². The Balaban J connectivity index is 2.24. The van der Waals surface area contributed by atoms with Crippen LogP contribution < -0.4 is 10.1 Å². The minimum Gasteiger partial charge on any atom is -0.481 e. The molecular weight excluding hydrogens is 362 g/mol. The largest absolute Gasteiger partial charge is 0.481 e. The minimum absolute atomic E-state index is 0.114. The lowest BCUT2D eigenvalue weighted by molar-refractivity contribution is -0.122. The molecular formula is C21H23NO6. The zero-order valence-electron chi connectivity index (χ0n) is 16.5. The first-order valence-electron chi connectivity index (χ1n) is 8.62. The van der Waals surface area contributed by atoms with E-state index in [1.54, 1.807) is 6.92 Å². The van der Waals surface area contributed by atoms with Gasteiger partial charge in [0.05, 0.1) is 25.3 Å². The summed E-state index contributed by atoms with van der Waals surface area (Å²) in [5.74, 6) is -1.46. The van der Waals surface area contributed by atoms with Gasteiger partial charge < -0.3 is 19.5 Å². The van der Waals surface area contributed by atoms with E-state index in [2.05, 4.69) is 5.32 Å². The summed E-state index contributed by atoms with van der Waals surface area (Å²) < 4.78 is 15.1. The summed E-state index contributed by atoms with van der Waals surface area (Å²) >= 11 is 0. The molecule has 0 radical (unpaired) electrons. The molecule has 0 bridgehead atoms. The Bertz CT molecular complexity index is 851. The quantitative estimate of drug-likeness (QED) is 0.768. The van der Waals surface area contributed by atoms with Gasteiger partial charge in [-0.15, -0.1) is 0 Å². The fourth-order valence-corrected chi connectivity index (χ4v) is 2.63. The van der Waals surface area contributed by atoms with Gasteiger partial charge in [0.15, 0.2) is 6.10 Å². The Labute approximate surface area is 163 Å².